The molecular formula is C29H29Cl4FN2O. The van der Waals surface area contributed by atoms with Gasteiger partial charge in [-0.1, -0.05) is 89.2 Å². The quantitative estimate of drug-likeness (QED) is 0.274. The molecule has 3 atom stereocenters. The van der Waals surface area contributed by atoms with Gasteiger partial charge in [0.05, 0.1) is 20.6 Å². The molecule has 1 aliphatic rings. The molecule has 2 N–H and O–H groups in total. The standard InChI is InChI=1S/C29H29Cl4FN2O/c30-22-11-9-19(17-24(22)32)20(13-16-36-14-5-2-6-15-36)25(28(34)18-7-3-1-4-8-18)26-23(31)12-10-21(27(26)33)29(35)37/h1,3-4,7-12,17,20,25,28H,2,5-6,13-16H2,(H2,35,37). The van der Waals surface area contributed by atoms with Crippen LogP contribution in [0.1, 0.15) is 70.7 Å². The number of likely N-dealkylation sites (tertiary alicyclic amines) is 1. The zero-order valence-corrected chi connectivity index (χ0v) is 23.3. The molecule has 196 valence electrons. The van der Waals surface area contributed by atoms with Crippen LogP contribution < -0.4 is 5.73 Å². The first-order chi connectivity index (χ1) is 17.8. The van der Waals surface area contributed by atoms with Crippen molar-refractivity contribution >= 4 is 52.3 Å². The Bertz CT molecular complexity index is 1230. The van der Waals surface area contributed by atoms with Gasteiger partial charge in [0.1, 0.15) is 6.17 Å². The number of nitrogens with two attached hydrogens (primary N) is 1. The van der Waals surface area contributed by atoms with Crippen LogP contribution in [0.4, 0.5) is 4.39 Å². The first-order valence-corrected chi connectivity index (χ1v) is 13.9. The SMILES string of the molecule is NC(=O)c1ccc(Cl)c(C(C(F)c2ccccc2)C(CCN2CCCCC2)c2ccc(Cl)c(Cl)c2)c1Cl. The number of amides is 1. The topological polar surface area (TPSA) is 46.3 Å². The van der Waals surface area contributed by atoms with Crippen molar-refractivity contribution in [2.45, 2.75) is 43.7 Å². The number of benzene rings is 3. The summed E-state index contributed by atoms with van der Waals surface area (Å²) in [5, 5.41) is 1.16. The van der Waals surface area contributed by atoms with Gasteiger partial charge in [-0.15, -0.1) is 0 Å². The van der Waals surface area contributed by atoms with Crippen molar-refractivity contribution in [3.8, 4) is 0 Å². The molecule has 8 heteroatoms. The van der Waals surface area contributed by atoms with Gasteiger partial charge in [-0.2, -0.15) is 0 Å². The maximum Gasteiger partial charge on any atom is 0.250 e. The largest absolute Gasteiger partial charge is 0.366 e. The number of halogens is 5. The number of rotatable bonds is 9. The molecule has 37 heavy (non-hydrogen) atoms. The van der Waals surface area contributed by atoms with E-state index in [4.69, 9.17) is 52.1 Å². The number of nitrogens with zero attached hydrogens (tertiary/aromatic N) is 1. The number of primary amides is 1. The van der Waals surface area contributed by atoms with Crippen LogP contribution in [0.2, 0.25) is 20.1 Å². The van der Waals surface area contributed by atoms with Gasteiger partial charge in [0.15, 0.2) is 0 Å². The molecule has 0 aromatic heterocycles. The Morgan fingerprint density at radius 2 is 1.54 bits per heavy atom. The lowest BCUT2D eigenvalue weighted by molar-refractivity contribution is 0.1000. The Kier molecular flexibility index (Phi) is 9.77. The molecule has 1 amide bonds. The van der Waals surface area contributed by atoms with E-state index in [1.54, 1.807) is 42.5 Å². The van der Waals surface area contributed by atoms with E-state index in [-0.39, 0.29) is 21.5 Å². The zero-order chi connectivity index (χ0) is 26.5. The van der Waals surface area contributed by atoms with Crippen LogP contribution in [0.5, 0.6) is 0 Å². The molecule has 1 saturated heterocycles. The van der Waals surface area contributed by atoms with Crippen molar-refractivity contribution in [3.05, 3.63) is 103 Å². The molecule has 3 unspecified atom stereocenters. The Morgan fingerprint density at radius 1 is 0.865 bits per heavy atom. The van der Waals surface area contributed by atoms with E-state index in [1.165, 1.54) is 12.5 Å². The molecule has 3 aromatic carbocycles. The molecule has 0 saturated carbocycles. The summed E-state index contributed by atoms with van der Waals surface area (Å²) in [4.78, 5) is 14.6. The van der Waals surface area contributed by atoms with Gasteiger partial charge in [0, 0.05) is 10.9 Å². The molecule has 0 aliphatic carbocycles. The molecule has 1 aliphatic heterocycles. The molecular weight excluding hydrogens is 553 g/mol. The second-order valence-corrected chi connectivity index (χ2v) is 11.1. The fraction of sp³-hybridized carbons (Fsp3) is 0.345. The fourth-order valence-corrected chi connectivity index (χ4v) is 6.28. The lowest BCUT2D eigenvalue weighted by Crippen LogP contribution is -2.32. The third-order valence-electron chi connectivity index (χ3n) is 7.17. The van der Waals surface area contributed by atoms with E-state index < -0.39 is 18.0 Å². The average molecular weight is 582 g/mol. The molecule has 0 radical (unpaired) electrons. The van der Waals surface area contributed by atoms with Crippen molar-refractivity contribution in [2.75, 3.05) is 19.6 Å². The highest BCUT2D eigenvalue weighted by atomic mass is 35.5. The number of carbonyl (C=O) groups is 1. The number of hydrogen-bond donors (Lipinski definition) is 1. The van der Waals surface area contributed by atoms with Gasteiger partial charge in [-0.25, -0.2) is 4.39 Å². The summed E-state index contributed by atoms with van der Waals surface area (Å²) in [6.45, 7) is 2.79. The van der Waals surface area contributed by atoms with Gasteiger partial charge in [-0.3, -0.25) is 4.79 Å². The van der Waals surface area contributed by atoms with Gasteiger partial charge < -0.3 is 10.6 Å². The monoisotopic (exact) mass is 580 g/mol. The van der Waals surface area contributed by atoms with Crippen LogP contribution in [-0.4, -0.2) is 30.4 Å². The van der Waals surface area contributed by atoms with E-state index >= 15 is 4.39 Å². The normalized spacial score (nSPS) is 16.8. The van der Waals surface area contributed by atoms with E-state index in [2.05, 4.69) is 4.90 Å². The minimum atomic E-state index is -1.47. The van der Waals surface area contributed by atoms with Gasteiger partial charge in [-0.05, 0) is 85.8 Å². The predicted octanol–water partition coefficient (Wildman–Crippen LogP) is 8.85. The minimum absolute atomic E-state index is 0.0756. The van der Waals surface area contributed by atoms with E-state index in [0.717, 1.165) is 38.0 Å². The van der Waals surface area contributed by atoms with E-state index in [1.807, 2.05) is 12.1 Å². The lowest BCUT2D eigenvalue weighted by atomic mass is 9.74. The Labute approximate surface area is 237 Å². The molecule has 4 rings (SSSR count). The first kappa shape index (κ1) is 28.2. The Morgan fingerprint density at radius 3 is 2.19 bits per heavy atom. The molecule has 0 spiro atoms. The van der Waals surface area contributed by atoms with Crippen LogP contribution >= 0.6 is 46.4 Å². The van der Waals surface area contributed by atoms with Gasteiger partial charge in [0.2, 0.25) is 5.91 Å². The summed E-state index contributed by atoms with van der Waals surface area (Å²) < 4.78 is 16.8. The summed E-state index contributed by atoms with van der Waals surface area (Å²) in [6.07, 6.45) is 2.67. The summed E-state index contributed by atoms with van der Waals surface area (Å²) in [6, 6.07) is 17.3. The molecule has 1 heterocycles. The zero-order valence-electron chi connectivity index (χ0n) is 20.3. The third kappa shape index (κ3) is 6.61. The van der Waals surface area contributed by atoms with Gasteiger partial charge in [0.25, 0.3) is 0 Å². The Hall–Kier alpha value is -1.82. The molecule has 3 aromatic rings. The van der Waals surface area contributed by atoms with Crippen molar-refractivity contribution in [1.29, 1.82) is 0 Å². The number of carbonyl (C=O) groups excluding carboxylic acids is 1. The highest BCUT2D eigenvalue weighted by Gasteiger charge is 2.37. The highest BCUT2D eigenvalue weighted by Crippen LogP contribution is 2.51. The maximum absolute atomic E-state index is 16.8. The highest BCUT2D eigenvalue weighted by molar-refractivity contribution is 6.42. The van der Waals surface area contributed by atoms with E-state index in [9.17, 15) is 4.79 Å². The lowest BCUT2D eigenvalue weighted by Gasteiger charge is -2.35. The smallest absolute Gasteiger partial charge is 0.250 e. The summed E-state index contributed by atoms with van der Waals surface area (Å²) >= 11 is 26.1. The Balaban J connectivity index is 1.88. The number of piperidine rings is 1. The number of alkyl halides is 1. The number of hydrogen-bond acceptors (Lipinski definition) is 2. The summed E-state index contributed by atoms with van der Waals surface area (Å²) in [5.41, 5.74) is 7.39. The van der Waals surface area contributed by atoms with Crippen molar-refractivity contribution in [2.24, 2.45) is 5.73 Å². The fourth-order valence-electron chi connectivity index (χ4n) is 5.26. The maximum atomic E-state index is 16.8. The van der Waals surface area contributed by atoms with Crippen LogP contribution in [0.15, 0.2) is 60.7 Å². The molecule has 1 fully saturated rings. The second-order valence-electron chi connectivity index (χ2n) is 9.50. The average Bonchev–Trinajstić information content (AvgIpc) is 2.90. The predicted molar refractivity (Wildman–Crippen MR) is 152 cm³/mol. The van der Waals surface area contributed by atoms with Crippen molar-refractivity contribution in [3.63, 3.8) is 0 Å². The molecule has 0 bridgehead atoms. The third-order valence-corrected chi connectivity index (χ3v) is 8.64. The van der Waals surface area contributed by atoms with Crippen LogP contribution in [0.25, 0.3) is 0 Å². The van der Waals surface area contributed by atoms with Crippen LogP contribution in [0, 0.1) is 0 Å². The van der Waals surface area contributed by atoms with Crippen molar-refractivity contribution < 1.29 is 9.18 Å². The van der Waals surface area contributed by atoms with E-state index in [0.29, 0.717) is 27.6 Å². The van der Waals surface area contributed by atoms with Crippen LogP contribution in [0.3, 0.4) is 0 Å². The minimum Gasteiger partial charge on any atom is -0.366 e. The first-order valence-electron chi connectivity index (χ1n) is 12.4. The summed E-state index contributed by atoms with van der Waals surface area (Å²) in [7, 11) is 0. The molecule has 3 nitrogen and oxygen atoms in total. The van der Waals surface area contributed by atoms with Crippen LogP contribution in [-0.2, 0) is 0 Å². The van der Waals surface area contributed by atoms with Crippen molar-refractivity contribution in [1.82, 2.24) is 4.90 Å². The summed E-state index contributed by atoms with van der Waals surface area (Å²) in [5.74, 6) is -1.88. The van der Waals surface area contributed by atoms with Gasteiger partial charge >= 0.3 is 0 Å². The second kappa shape index (κ2) is 12.8.